The molecule has 10 nitrogen and oxygen atoms in total. The van der Waals surface area contributed by atoms with Gasteiger partial charge in [0.25, 0.3) is 5.91 Å². The number of nitrogens with zero attached hydrogens (tertiary/aromatic N) is 5. The topological polar surface area (TPSA) is 118 Å². The third-order valence-electron chi connectivity index (χ3n) is 6.59. The highest BCUT2D eigenvalue weighted by atomic mass is 35.5. The molecule has 0 spiro atoms. The highest BCUT2D eigenvalue weighted by Crippen LogP contribution is 2.29. The van der Waals surface area contributed by atoms with Crippen LogP contribution in [-0.2, 0) is 4.74 Å². The van der Waals surface area contributed by atoms with Crippen molar-refractivity contribution in [2.75, 3.05) is 30.8 Å². The Morgan fingerprint density at radius 1 is 1.32 bits per heavy atom. The van der Waals surface area contributed by atoms with Gasteiger partial charge < -0.3 is 25.6 Å². The second kappa shape index (κ2) is 10.7. The van der Waals surface area contributed by atoms with E-state index in [1.54, 1.807) is 34.7 Å². The number of nitrogens with one attached hydrogen (secondary N) is 1. The van der Waals surface area contributed by atoms with Crippen LogP contribution in [0, 0.1) is 6.92 Å². The highest BCUT2D eigenvalue weighted by molar-refractivity contribution is 6.31. The van der Waals surface area contributed by atoms with E-state index in [4.69, 9.17) is 32.2 Å². The summed E-state index contributed by atoms with van der Waals surface area (Å²) in [5.74, 6) is 0.626. The molecule has 3 heterocycles. The lowest BCUT2D eigenvalue weighted by Crippen LogP contribution is -2.40. The summed E-state index contributed by atoms with van der Waals surface area (Å²) in [6.45, 7) is 10.9. The van der Waals surface area contributed by atoms with Crippen molar-refractivity contribution in [3.05, 3.63) is 52.3 Å². The van der Waals surface area contributed by atoms with E-state index in [2.05, 4.69) is 10.2 Å². The fraction of sp³-hybridized carbons (Fsp3) is 0.481. The van der Waals surface area contributed by atoms with Gasteiger partial charge in [-0.05, 0) is 58.7 Å². The molecule has 1 aliphatic rings. The average Bonchev–Trinajstić information content (AvgIpc) is 3.45. The molecular weight excluding hydrogens is 506 g/mol. The van der Waals surface area contributed by atoms with Crippen LogP contribution < -0.4 is 16.0 Å². The quantitative estimate of drug-likeness (QED) is 0.438. The summed E-state index contributed by atoms with van der Waals surface area (Å²) in [7, 11) is 1.74. The van der Waals surface area contributed by atoms with Crippen molar-refractivity contribution < 1.29 is 14.3 Å². The molecule has 1 saturated heterocycles. The fourth-order valence-electron chi connectivity index (χ4n) is 4.77. The van der Waals surface area contributed by atoms with E-state index >= 15 is 0 Å². The maximum atomic E-state index is 13.3. The Hall–Kier alpha value is -3.53. The molecule has 2 amide bonds. The third kappa shape index (κ3) is 5.96. The monoisotopic (exact) mass is 541 g/mol. The van der Waals surface area contributed by atoms with E-state index in [-0.39, 0.29) is 18.0 Å². The number of benzene rings is 1. The lowest BCUT2D eigenvalue weighted by atomic mass is 10.1. The molecule has 1 aliphatic heterocycles. The Kier molecular flexibility index (Phi) is 7.73. The molecule has 0 unspecified atom stereocenters. The second-order valence-electron chi connectivity index (χ2n) is 10.8. The number of halogens is 1. The summed E-state index contributed by atoms with van der Waals surface area (Å²) in [4.78, 5) is 34.2. The number of anilines is 2. The number of nitrogens with two attached hydrogens (primary N) is 1. The number of ether oxygens (including phenoxy) is 1. The molecule has 2 atom stereocenters. The van der Waals surface area contributed by atoms with Crippen molar-refractivity contribution in [3.63, 3.8) is 0 Å². The van der Waals surface area contributed by atoms with Crippen LogP contribution >= 0.6 is 11.6 Å². The fourth-order valence-corrected chi connectivity index (χ4v) is 4.95. The average molecular weight is 542 g/mol. The van der Waals surface area contributed by atoms with Crippen molar-refractivity contribution in [1.82, 2.24) is 24.8 Å². The molecule has 0 saturated carbocycles. The van der Waals surface area contributed by atoms with Crippen LogP contribution in [0.5, 0.6) is 0 Å². The number of fused-ring (bicyclic) bond motifs is 1. The molecule has 2 aromatic heterocycles. The van der Waals surface area contributed by atoms with Crippen LogP contribution in [0.1, 0.15) is 68.2 Å². The molecule has 4 rings (SSSR count). The van der Waals surface area contributed by atoms with Crippen LogP contribution in [0.2, 0.25) is 5.02 Å². The summed E-state index contributed by atoms with van der Waals surface area (Å²) in [5, 5.41) is 8.16. The molecule has 3 aromatic rings. The van der Waals surface area contributed by atoms with Crippen LogP contribution in [0.3, 0.4) is 0 Å². The third-order valence-corrected chi connectivity index (χ3v) is 6.83. The van der Waals surface area contributed by atoms with Gasteiger partial charge in [-0.3, -0.25) is 4.79 Å². The Labute approximate surface area is 228 Å². The van der Waals surface area contributed by atoms with Crippen molar-refractivity contribution in [3.8, 4) is 0 Å². The number of amides is 2. The van der Waals surface area contributed by atoms with E-state index < -0.39 is 11.7 Å². The predicted octanol–water partition coefficient (Wildman–Crippen LogP) is 4.60. The van der Waals surface area contributed by atoms with Crippen LogP contribution in [0.4, 0.5) is 16.3 Å². The zero-order valence-electron chi connectivity index (χ0n) is 22.8. The van der Waals surface area contributed by atoms with E-state index in [0.29, 0.717) is 34.9 Å². The Bertz CT molecular complexity index is 1350. The van der Waals surface area contributed by atoms with Gasteiger partial charge in [-0.25, -0.2) is 14.3 Å². The maximum absolute atomic E-state index is 13.3. The maximum Gasteiger partial charge on any atom is 0.407 e. The Morgan fingerprint density at radius 2 is 2.05 bits per heavy atom. The van der Waals surface area contributed by atoms with Crippen LogP contribution in [-0.4, -0.2) is 63.3 Å². The number of rotatable bonds is 6. The first kappa shape index (κ1) is 27.5. The highest BCUT2D eigenvalue weighted by Gasteiger charge is 2.29. The number of carbonyl (C=O) groups excluding carboxylic acids is 2. The second-order valence-corrected chi connectivity index (χ2v) is 11.2. The molecule has 0 bridgehead atoms. The number of alkyl carbamates (subject to hydrolysis) is 1. The van der Waals surface area contributed by atoms with Gasteiger partial charge >= 0.3 is 6.09 Å². The normalized spacial score (nSPS) is 16.5. The van der Waals surface area contributed by atoms with Gasteiger partial charge in [0, 0.05) is 48.7 Å². The van der Waals surface area contributed by atoms with Gasteiger partial charge in [0.1, 0.15) is 11.4 Å². The minimum Gasteiger partial charge on any atom is -0.444 e. The molecular formula is C27H36ClN7O3. The van der Waals surface area contributed by atoms with Gasteiger partial charge in [0.15, 0.2) is 5.65 Å². The molecule has 3 N–H and O–H groups in total. The van der Waals surface area contributed by atoms with Crippen LogP contribution in [0.15, 0.2) is 30.5 Å². The van der Waals surface area contributed by atoms with Crippen molar-refractivity contribution in [1.29, 1.82) is 0 Å². The minimum atomic E-state index is -0.541. The number of hydrogen-bond acceptors (Lipinski definition) is 7. The van der Waals surface area contributed by atoms with E-state index in [1.807, 2.05) is 46.9 Å². The zero-order chi connectivity index (χ0) is 27.8. The van der Waals surface area contributed by atoms with Crippen LogP contribution in [0.25, 0.3) is 5.65 Å². The first-order chi connectivity index (χ1) is 17.9. The van der Waals surface area contributed by atoms with E-state index in [0.717, 1.165) is 30.0 Å². The molecule has 1 fully saturated rings. The largest absolute Gasteiger partial charge is 0.444 e. The lowest BCUT2D eigenvalue weighted by molar-refractivity contribution is 0.0508. The molecule has 204 valence electrons. The Morgan fingerprint density at radius 3 is 2.74 bits per heavy atom. The Balaban J connectivity index is 1.53. The van der Waals surface area contributed by atoms with E-state index in [9.17, 15) is 9.59 Å². The number of hydrogen-bond donors (Lipinski definition) is 2. The number of aromatic nitrogens is 3. The standard InChI is InChI=1S/C27H36ClN7O3/c1-7-22(33(6)25(36)19-12-17(28)8-9-20(19)29)21-13-23-31-24(16(2)14-35(23)32-21)34-11-10-18(15-34)30-26(37)38-27(3,4)5/h8-9,12-14,18,22H,7,10-11,15,29H2,1-6H3,(H,30,37)/t18-,22-/m0/s1. The summed E-state index contributed by atoms with van der Waals surface area (Å²) in [6.07, 6.45) is 2.99. The molecule has 0 aliphatic carbocycles. The summed E-state index contributed by atoms with van der Waals surface area (Å²) in [5.41, 5.74) is 8.64. The number of nitrogen functional groups attached to an aromatic ring is 1. The zero-order valence-corrected chi connectivity index (χ0v) is 23.5. The first-order valence-corrected chi connectivity index (χ1v) is 13.2. The number of carbonyl (C=O) groups is 2. The van der Waals surface area contributed by atoms with Gasteiger partial charge in [0.05, 0.1) is 23.3 Å². The predicted molar refractivity (Wildman–Crippen MR) is 149 cm³/mol. The molecule has 38 heavy (non-hydrogen) atoms. The summed E-state index contributed by atoms with van der Waals surface area (Å²) in [6, 6.07) is 6.50. The molecule has 1 aromatic carbocycles. The molecule has 0 radical (unpaired) electrons. The van der Waals surface area contributed by atoms with Crippen molar-refractivity contribution in [2.45, 2.75) is 65.1 Å². The minimum absolute atomic E-state index is 0.0224. The van der Waals surface area contributed by atoms with E-state index in [1.165, 1.54) is 0 Å². The molecule has 11 heteroatoms. The van der Waals surface area contributed by atoms with Gasteiger partial charge in [-0.2, -0.15) is 5.10 Å². The lowest BCUT2D eigenvalue weighted by Gasteiger charge is -2.26. The summed E-state index contributed by atoms with van der Waals surface area (Å²) < 4.78 is 7.14. The van der Waals surface area contributed by atoms with Gasteiger partial charge in [-0.1, -0.05) is 18.5 Å². The SMILES string of the molecule is CC[C@@H](c1cc2nc(N3CC[C@H](NC(=O)OC(C)(C)C)C3)c(C)cn2n1)N(C)C(=O)c1cc(Cl)ccc1N. The van der Waals surface area contributed by atoms with Crippen molar-refractivity contribution >= 4 is 40.8 Å². The van der Waals surface area contributed by atoms with Crippen molar-refractivity contribution in [2.24, 2.45) is 0 Å². The number of aryl methyl sites for hydroxylation is 1. The van der Waals surface area contributed by atoms with Gasteiger partial charge in [-0.15, -0.1) is 0 Å². The first-order valence-electron chi connectivity index (χ1n) is 12.8. The smallest absolute Gasteiger partial charge is 0.407 e. The summed E-state index contributed by atoms with van der Waals surface area (Å²) >= 11 is 6.11. The van der Waals surface area contributed by atoms with Gasteiger partial charge in [0.2, 0.25) is 0 Å².